The second-order valence-corrected chi connectivity index (χ2v) is 9.96. The van der Waals surface area contributed by atoms with Crippen LogP contribution in [0.5, 0.6) is 0 Å². The molecule has 4 nitrogen and oxygen atoms in total. The largest absolute Gasteiger partial charge is 0.494 e. The maximum Gasteiger partial charge on any atom is 0.494 e. The summed E-state index contributed by atoms with van der Waals surface area (Å²) in [5, 5.41) is 2.33. The quantitative estimate of drug-likeness (QED) is 0.312. The molecule has 2 aromatic heterocycles. The Bertz CT molecular complexity index is 1510. The molecule has 0 atom stereocenters. The molecule has 6 rings (SSSR count). The summed E-state index contributed by atoms with van der Waals surface area (Å²) in [7, 11) is -0.395. The summed E-state index contributed by atoms with van der Waals surface area (Å²) in [6.45, 7) is 8.34. The Morgan fingerprint density at radius 1 is 0.765 bits per heavy atom. The van der Waals surface area contributed by atoms with E-state index in [1.165, 1.54) is 5.39 Å². The lowest BCUT2D eigenvalue weighted by Crippen LogP contribution is -2.41. The van der Waals surface area contributed by atoms with E-state index in [0.29, 0.717) is 0 Å². The number of nitrogens with zero attached hydrogens (tertiary/aromatic N) is 2. The minimum absolute atomic E-state index is 0.374. The zero-order valence-corrected chi connectivity index (χ0v) is 19.9. The highest BCUT2D eigenvalue weighted by molar-refractivity contribution is 6.62. The van der Waals surface area contributed by atoms with Gasteiger partial charge in [0.05, 0.1) is 16.7 Å². The van der Waals surface area contributed by atoms with Crippen LogP contribution in [0, 0.1) is 0 Å². The van der Waals surface area contributed by atoms with Gasteiger partial charge in [0.1, 0.15) is 5.65 Å². The summed E-state index contributed by atoms with van der Waals surface area (Å²) in [6, 6.07) is 29.5. The van der Waals surface area contributed by atoms with E-state index in [1.807, 2.05) is 12.3 Å². The molecular formula is C29H27BN2O2. The van der Waals surface area contributed by atoms with E-state index < -0.39 is 7.12 Å². The summed E-state index contributed by atoms with van der Waals surface area (Å²) >= 11 is 0. The van der Waals surface area contributed by atoms with Crippen molar-refractivity contribution in [1.82, 2.24) is 9.55 Å². The van der Waals surface area contributed by atoms with Crippen LogP contribution in [0.4, 0.5) is 0 Å². The molecule has 0 bridgehead atoms. The van der Waals surface area contributed by atoms with Crippen LogP contribution in [0.2, 0.25) is 0 Å². The highest BCUT2D eigenvalue weighted by Gasteiger charge is 2.51. The van der Waals surface area contributed by atoms with Crippen LogP contribution >= 0.6 is 0 Å². The molecule has 0 saturated carbocycles. The lowest BCUT2D eigenvalue weighted by Gasteiger charge is -2.32. The van der Waals surface area contributed by atoms with Gasteiger partial charge in [-0.05, 0) is 68.6 Å². The molecule has 5 aromatic rings. The standard InChI is InChI=1S/C29H27BN2O2/c1-28(2)29(3,4)34-30(33-28)21-12-10-11-20(19-21)23-17-18-31-27-26(23)24-15-8-9-16-25(24)32(27)22-13-6-5-7-14-22/h5-19H,1-4H3. The van der Waals surface area contributed by atoms with Gasteiger partial charge in [0.2, 0.25) is 0 Å². The van der Waals surface area contributed by atoms with E-state index in [-0.39, 0.29) is 11.2 Å². The van der Waals surface area contributed by atoms with Crippen molar-refractivity contribution < 1.29 is 9.31 Å². The van der Waals surface area contributed by atoms with Gasteiger partial charge in [0, 0.05) is 22.7 Å². The topological polar surface area (TPSA) is 36.3 Å². The molecule has 168 valence electrons. The lowest BCUT2D eigenvalue weighted by atomic mass is 9.78. The molecule has 0 aliphatic carbocycles. The molecule has 1 saturated heterocycles. The number of para-hydroxylation sites is 2. The molecule has 0 unspecified atom stereocenters. The van der Waals surface area contributed by atoms with Crippen LogP contribution in [0.3, 0.4) is 0 Å². The number of pyridine rings is 1. The van der Waals surface area contributed by atoms with Crippen molar-refractivity contribution >= 4 is 34.5 Å². The lowest BCUT2D eigenvalue weighted by molar-refractivity contribution is 0.00578. The van der Waals surface area contributed by atoms with E-state index in [2.05, 4.69) is 111 Å². The first kappa shape index (κ1) is 21.1. The average molecular weight is 446 g/mol. The van der Waals surface area contributed by atoms with E-state index in [9.17, 15) is 0 Å². The molecule has 0 spiro atoms. The van der Waals surface area contributed by atoms with Crippen molar-refractivity contribution in [1.29, 1.82) is 0 Å². The summed E-state index contributed by atoms with van der Waals surface area (Å²) in [6.07, 6.45) is 1.90. The molecule has 1 fully saturated rings. The van der Waals surface area contributed by atoms with Crippen LogP contribution in [-0.4, -0.2) is 27.9 Å². The van der Waals surface area contributed by atoms with E-state index >= 15 is 0 Å². The van der Waals surface area contributed by atoms with Gasteiger partial charge >= 0.3 is 7.12 Å². The van der Waals surface area contributed by atoms with E-state index in [1.54, 1.807) is 0 Å². The van der Waals surface area contributed by atoms with Crippen LogP contribution in [0.15, 0.2) is 91.1 Å². The van der Waals surface area contributed by atoms with Crippen LogP contribution in [0.1, 0.15) is 27.7 Å². The molecule has 3 aromatic carbocycles. The Labute approximate surface area is 200 Å². The minimum Gasteiger partial charge on any atom is -0.399 e. The number of hydrogen-bond acceptors (Lipinski definition) is 3. The SMILES string of the molecule is CC1(C)OB(c2cccc(-c3ccnc4c3c3ccccc3n4-c3ccccc3)c2)OC1(C)C. The summed E-state index contributed by atoms with van der Waals surface area (Å²) < 4.78 is 14.9. The first-order valence-corrected chi connectivity index (χ1v) is 11.8. The van der Waals surface area contributed by atoms with Gasteiger partial charge in [0.25, 0.3) is 0 Å². The van der Waals surface area contributed by atoms with E-state index in [4.69, 9.17) is 14.3 Å². The second-order valence-electron chi connectivity index (χ2n) is 9.96. The van der Waals surface area contributed by atoms with Gasteiger partial charge in [-0.1, -0.05) is 60.7 Å². The molecule has 34 heavy (non-hydrogen) atoms. The first-order chi connectivity index (χ1) is 16.4. The Kier molecular flexibility index (Phi) is 4.70. The van der Waals surface area contributed by atoms with Crippen LogP contribution in [0.25, 0.3) is 38.8 Å². The number of rotatable bonds is 3. The summed E-state index contributed by atoms with van der Waals surface area (Å²) in [4.78, 5) is 4.83. The third kappa shape index (κ3) is 3.19. The maximum absolute atomic E-state index is 6.32. The summed E-state index contributed by atoms with van der Waals surface area (Å²) in [5.74, 6) is 0. The monoisotopic (exact) mass is 446 g/mol. The fourth-order valence-corrected chi connectivity index (χ4v) is 4.79. The maximum atomic E-state index is 6.32. The third-order valence-electron chi connectivity index (χ3n) is 7.29. The zero-order chi connectivity index (χ0) is 23.5. The predicted octanol–water partition coefficient (Wildman–Crippen LogP) is 6.14. The third-order valence-corrected chi connectivity index (χ3v) is 7.29. The molecule has 1 aliphatic heterocycles. The van der Waals surface area contributed by atoms with Gasteiger partial charge in [-0.3, -0.25) is 4.57 Å². The molecule has 5 heteroatoms. The average Bonchev–Trinajstić information content (AvgIpc) is 3.29. The Hall–Kier alpha value is -3.41. The smallest absolute Gasteiger partial charge is 0.399 e. The van der Waals surface area contributed by atoms with Crippen LogP contribution < -0.4 is 5.46 Å². The van der Waals surface area contributed by atoms with Gasteiger partial charge in [-0.15, -0.1) is 0 Å². The fourth-order valence-electron chi connectivity index (χ4n) is 4.79. The van der Waals surface area contributed by atoms with Gasteiger partial charge in [0.15, 0.2) is 0 Å². The van der Waals surface area contributed by atoms with Crippen molar-refractivity contribution in [3.8, 4) is 16.8 Å². The number of fused-ring (bicyclic) bond motifs is 3. The van der Waals surface area contributed by atoms with Gasteiger partial charge in [-0.25, -0.2) is 4.98 Å². The normalized spacial score (nSPS) is 17.0. The van der Waals surface area contributed by atoms with Crippen molar-refractivity contribution in [2.45, 2.75) is 38.9 Å². The summed E-state index contributed by atoms with van der Waals surface area (Å²) in [5.41, 5.74) is 5.74. The fraction of sp³-hybridized carbons (Fsp3) is 0.207. The molecule has 1 aliphatic rings. The number of aromatic nitrogens is 2. The minimum atomic E-state index is -0.395. The Balaban J connectivity index is 1.55. The molecule has 3 heterocycles. The number of benzene rings is 3. The van der Waals surface area contributed by atoms with Crippen molar-refractivity contribution in [2.75, 3.05) is 0 Å². The van der Waals surface area contributed by atoms with Crippen LogP contribution in [-0.2, 0) is 9.31 Å². The second kappa shape index (κ2) is 7.56. The van der Waals surface area contributed by atoms with E-state index in [0.717, 1.165) is 38.8 Å². The molecule has 0 amide bonds. The van der Waals surface area contributed by atoms with Gasteiger partial charge < -0.3 is 9.31 Å². The highest BCUT2D eigenvalue weighted by Crippen LogP contribution is 2.39. The van der Waals surface area contributed by atoms with Crippen molar-refractivity contribution in [3.63, 3.8) is 0 Å². The molecular weight excluding hydrogens is 419 g/mol. The molecule has 0 N–H and O–H groups in total. The van der Waals surface area contributed by atoms with Crippen molar-refractivity contribution in [2.24, 2.45) is 0 Å². The van der Waals surface area contributed by atoms with Crippen molar-refractivity contribution in [3.05, 3.63) is 91.1 Å². The highest BCUT2D eigenvalue weighted by atomic mass is 16.7. The zero-order valence-electron chi connectivity index (χ0n) is 19.9. The molecule has 0 radical (unpaired) electrons. The Morgan fingerprint density at radius 2 is 1.47 bits per heavy atom. The predicted molar refractivity (Wildman–Crippen MR) is 140 cm³/mol. The Morgan fingerprint density at radius 3 is 2.24 bits per heavy atom. The van der Waals surface area contributed by atoms with Gasteiger partial charge in [-0.2, -0.15) is 0 Å². The first-order valence-electron chi connectivity index (χ1n) is 11.8. The number of hydrogen-bond donors (Lipinski definition) is 0.